The number of halogens is 1. The SMILES string of the molecule is CCCNc1ccc(F)cc1OC. The van der Waals surface area contributed by atoms with Gasteiger partial charge in [0.25, 0.3) is 0 Å². The number of nitrogens with one attached hydrogen (secondary N) is 1. The van der Waals surface area contributed by atoms with E-state index in [4.69, 9.17) is 4.74 Å². The molecule has 2 nitrogen and oxygen atoms in total. The van der Waals surface area contributed by atoms with Crippen LogP contribution in [0.2, 0.25) is 0 Å². The largest absolute Gasteiger partial charge is 0.494 e. The third-order valence-electron chi connectivity index (χ3n) is 1.73. The first-order valence-corrected chi connectivity index (χ1v) is 4.35. The molecular weight excluding hydrogens is 169 g/mol. The van der Waals surface area contributed by atoms with E-state index in [2.05, 4.69) is 12.2 Å². The zero-order valence-electron chi connectivity index (χ0n) is 7.93. The molecule has 0 aromatic heterocycles. The van der Waals surface area contributed by atoms with E-state index in [1.54, 1.807) is 6.07 Å². The van der Waals surface area contributed by atoms with Crippen molar-refractivity contribution in [3.8, 4) is 5.75 Å². The second-order valence-electron chi connectivity index (χ2n) is 2.77. The Morgan fingerprint density at radius 1 is 1.46 bits per heavy atom. The van der Waals surface area contributed by atoms with E-state index in [0.29, 0.717) is 5.75 Å². The molecule has 1 aromatic rings. The molecule has 13 heavy (non-hydrogen) atoms. The minimum absolute atomic E-state index is 0.279. The number of rotatable bonds is 4. The Morgan fingerprint density at radius 3 is 2.85 bits per heavy atom. The molecule has 0 atom stereocenters. The van der Waals surface area contributed by atoms with Crippen molar-refractivity contribution in [2.45, 2.75) is 13.3 Å². The number of ether oxygens (including phenoxy) is 1. The monoisotopic (exact) mass is 183 g/mol. The molecule has 0 saturated heterocycles. The van der Waals surface area contributed by atoms with Crippen LogP contribution in [-0.2, 0) is 0 Å². The maximum Gasteiger partial charge on any atom is 0.144 e. The third kappa shape index (κ3) is 2.61. The first-order chi connectivity index (χ1) is 6.27. The molecule has 0 heterocycles. The van der Waals surface area contributed by atoms with Crippen molar-refractivity contribution < 1.29 is 9.13 Å². The van der Waals surface area contributed by atoms with Crippen molar-refractivity contribution in [2.75, 3.05) is 19.0 Å². The number of anilines is 1. The predicted molar refractivity (Wildman–Crippen MR) is 51.7 cm³/mol. The Hall–Kier alpha value is -1.25. The van der Waals surface area contributed by atoms with Crippen molar-refractivity contribution in [1.29, 1.82) is 0 Å². The summed E-state index contributed by atoms with van der Waals surface area (Å²) in [6.07, 6.45) is 1.03. The van der Waals surface area contributed by atoms with Gasteiger partial charge < -0.3 is 10.1 Å². The van der Waals surface area contributed by atoms with Gasteiger partial charge in [-0.3, -0.25) is 0 Å². The van der Waals surface area contributed by atoms with Crippen LogP contribution >= 0.6 is 0 Å². The van der Waals surface area contributed by atoms with Gasteiger partial charge in [-0.2, -0.15) is 0 Å². The van der Waals surface area contributed by atoms with Crippen LogP contribution in [-0.4, -0.2) is 13.7 Å². The fraction of sp³-hybridized carbons (Fsp3) is 0.400. The Balaban J connectivity index is 2.79. The lowest BCUT2D eigenvalue weighted by molar-refractivity contribution is 0.413. The van der Waals surface area contributed by atoms with Gasteiger partial charge in [-0.15, -0.1) is 0 Å². The maximum absolute atomic E-state index is 12.7. The van der Waals surface area contributed by atoms with E-state index >= 15 is 0 Å². The fourth-order valence-corrected chi connectivity index (χ4v) is 1.07. The molecular formula is C10H14FNO. The predicted octanol–water partition coefficient (Wildman–Crippen LogP) is 2.66. The first kappa shape index (κ1) is 9.84. The third-order valence-corrected chi connectivity index (χ3v) is 1.73. The Morgan fingerprint density at radius 2 is 2.23 bits per heavy atom. The molecule has 1 rings (SSSR count). The molecule has 3 heteroatoms. The lowest BCUT2D eigenvalue weighted by Crippen LogP contribution is -2.01. The summed E-state index contributed by atoms with van der Waals surface area (Å²) in [6, 6.07) is 4.47. The molecule has 1 aromatic carbocycles. The lowest BCUT2D eigenvalue weighted by Gasteiger charge is -2.09. The Kier molecular flexibility index (Phi) is 3.55. The quantitative estimate of drug-likeness (QED) is 0.774. The zero-order chi connectivity index (χ0) is 9.68. The standard InChI is InChI=1S/C10H14FNO/c1-3-6-12-9-5-4-8(11)7-10(9)13-2/h4-5,7,12H,3,6H2,1-2H3. The van der Waals surface area contributed by atoms with Crippen molar-refractivity contribution in [2.24, 2.45) is 0 Å². The Bertz CT molecular complexity index is 276. The van der Waals surface area contributed by atoms with Crippen molar-refractivity contribution >= 4 is 5.69 Å². The van der Waals surface area contributed by atoms with Gasteiger partial charge in [0.2, 0.25) is 0 Å². The number of benzene rings is 1. The van der Waals surface area contributed by atoms with Crippen molar-refractivity contribution in [3.05, 3.63) is 24.0 Å². The summed E-state index contributed by atoms with van der Waals surface area (Å²) in [5, 5.41) is 3.15. The van der Waals surface area contributed by atoms with E-state index < -0.39 is 0 Å². The van der Waals surface area contributed by atoms with Gasteiger partial charge in [0.05, 0.1) is 12.8 Å². The average Bonchev–Trinajstić information content (AvgIpc) is 2.16. The topological polar surface area (TPSA) is 21.3 Å². The van der Waals surface area contributed by atoms with E-state index in [1.165, 1.54) is 19.2 Å². The molecule has 0 aliphatic carbocycles. The van der Waals surface area contributed by atoms with Crippen LogP contribution in [0.4, 0.5) is 10.1 Å². The van der Waals surface area contributed by atoms with Gasteiger partial charge in [0, 0.05) is 12.6 Å². The summed E-state index contributed by atoms with van der Waals surface area (Å²) < 4.78 is 17.8. The number of methoxy groups -OCH3 is 1. The van der Waals surface area contributed by atoms with Gasteiger partial charge in [-0.05, 0) is 18.6 Å². The minimum atomic E-state index is -0.279. The summed E-state index contributed by atoms with van der Waals surface area (Å²) in [4.78, 5) is 0. The summed E-state index contributed by atoms with van der Waals surface area (Å²) in [5.74, 6) is 0.271. The van der Waals surface area contributed by atoms with E-state index in [9.17, 15) is 4.39 Å². The van der Waals surface area contributed by atoms with Gasteiger partial charge in [-0.25, -0.2) is 4.39 Å². The van der Waals surface area contributed by atoms with Crippen LogP contribution < -0.4 is 10.1 Å². The molecule has 0 amide bonds. The summed E-state index contributed by atoms with van der Waals surface area (Å²) in [6.45, 7) is 2.94. The highest BCUT2D eigenvalue weighted by Crippen LogP contribution is 2.24. The number of hydrogen-bond donors (Lipinski definition) is 1. The lowest BCUT2D eigenvalue weighted by atomic mass is 10.2. The average molecular weight is 183 g/mol. The van der Waals surface area contributed by atoms with Crippen LogP contribution in [0.25, 0.3) is 0 Å². The molecule has 0 spiro atoms. The van der Waals surface area contributed by atoms with Gasteiger partial charge >= 0.3 is 0 Å². The summed E-state index contributed by atoms with van der Waals surface area (Å²) in [5.41, 5.74) is 0.839. The van der Waals surface area contributed by atoms with E-state index in [0.717, 1.165) is 18.7 Å². The van der Waals surface area contributed by atoms with Gasteiger partial charge in [0.1, 0.15) is 11.6 Å². The first-order valence-electron chi connectivity index (χ1n) is 4.35. The highest BCUT2D eigenvalue weighted by Gasteiger charge is 2.02. The van der Waals surface area contributed by atoms with Crippen LogP contribution in [0.15, 0.2) is 18.2 Å². The van der Waals surface area contributed by atoms with Crippen molar-refractivity contribution in [1.82, 2.24) is 0 Å². The van der Waals surface area contributed by atoms with Crippen LogP contribution in [0.5, 0.6) is 5.75 Å². The molecule has 0 bridgehead atoms. The highest BCUT2D eigenvalue weighted by molar-refractivity contribution is 5.56. The zero-order valence-corrected chi connectivity index (χ0v) is 7.93. The highest BCUT2D eigenvalue weighted by atomic mass is 19.1. The summed E-state index contributed by atoms with van der Waals surface area (Å²) >= 11 is 0. The van der Waals surface area contributed by atoms with Crippen molar-refractivity contribution in [3.63, 3.8) is 0 Å². The van der Waals surface area contributed by atoms with Crippen LogP contribution in [0.1, 0.15) is 13.3 Å². The molecule has 0 aliphatic rings. The smallest absolute Gasteiger partial charge is 0.144 e. The second-order valence-corrected chi connectivity index (χ2v) is 2.77. The minimum Gasteiger partial charge on any atom is -0.494 e. The van der Waals surface area contributed by atoms with Gasteiger partial charge in [-0.1, -0.05) is 6.92 Å². The van der Waals surface area contributed by atoms with Crippen LogP contribution in [0.3, 0.4) is 0 Å². The number of hydrogen-bond acceptors (Lipinski definition) is 2. The normalized spacial score (nSPS) is 9.77. The second kappa shape index (κ2) is 4.70. The molecule has 72 valence electrons. The van der Waals surface area contributed by atoms with Crippen LogP contribution in [0, 0.1) is 5.82 Å². The van der Waals surface area contributed by atoms with E-state index in [-0.39, 0.29) is 5.82 Å². The molecule has 0 fully saturated rings. The Labute approximate surface area is 77.7 Å². The fourth-order valence-electron chi connectivity index (χ4n) is 1.07. The maximum atomic E-state index is 12.7. The molecule has 0 saturated carbocycles. The molecule has 0 radical (unpaired) electrons. The molecule has 0 aliphatic heterocycles. The molecule has 0 unspecified atom stereocenters. The summed E-state index contributed by atoms with van der Waals surface area (Å²) in [7, 11) is 1.53. The molecule has 1 N–H and O–H groups in total. The van der Waals surface area contributed by atoms with Gasteiger partial charge in [0.15, 0.2) is 0 Å². The van der Waals surface area contributed by atoms with E-state index in [1.807, 2.05) is 0 Å².